The molecule has 2 N–H and O–H groups in total. The Morgan fingerprint density at radius 2 is 2.27 bits per heavy atom. The quantitative estimate of drug-likeness (QED) is 0.805. The van der Waals surface area contributed by atoms with Crippen LogP contribution in [0.3, 0.4) is 0 Å². The standard InChI is InChI=1S/C16H19ClF2N4O2S/c1-8-4-15(5-10(20-8)11-6-23(2)22-21-11)13-9(3-12(17)26-13)16(24,7-25-15)14(18)19/h3,6,8,10,14,20,24H,4-5,7H2,1-2H3/t8-,10-,15-,16?/m0/s1. The fourth-order valence-electron chi connectivity index (χ4n) is 3.98. The van der Waals surface area contributed by atoms with Gasteiger partial charge >= 0.3 is 0 Å². The van der Waals surface area contributed by atoms with E-state index in [4.69, 9.17) is 16.3 Å². The minimum atomic E-state index is -2.96. The highest BCUT2D eigenvalue weighted by Gasteiger charge is 2.55. The summed E-state index contributed by atoms with van der Waals surface area (Å²) in [5, 5.41) is 22.1. The van der Waals surface area contributed by atoms with E-state index in [-0.39, 0.29) is 17.6 Å². The van der Waals surface area contributed by atoms with E-state index in [1.54, 1.807) is 11.7 Å². The molecule has 142 valence electrons. The fourth-order valence-corrected chi connectivity index (χ4v) is 5.45. The Bertz CT molecular complexity index is 831. The van der Waals surface area contributed by atoms with Gasteiger partial charge in [0.05, 0.1) is 22.7 Å². The minimum Gasteiger partial charge on any atom is -0.377 e. The zero-order valence-electron chi connectivity index (χ0n) is 14.2. The molecule has 2 aromatic rings. The van der Waals surface area contributed by atoms with Crippen LogP contribution in [0.5, 0.6) is 0 Å². The van der Waals surface area contributed by atoms with Gasteiger partial charge in [-0.2, -0.15) is 0 Å². The largest absolute Gasteiger partial charge is 0.377 e. The summed E-state index contributed by atoms with van der Waals surface area (Å²) < 4.78 is 35.1. The highest BCUT2D eigenvalue weighted by molar-refractivity contribution is 7.16. The molecule has 0 bridgehead atoms. The number of rotatable bonds is 2. The highest BCUT2D eigenvalue weighted by atomic mass is 35.5. The van der Waals surface area contributed by atoms with E-state index in [9.17, 15) is 13.9 Å². The van der Waals surface area contributed by atoms with Crippen LogP contribution in [0.2, 0.25) is 4.34 Å². The monoisotopic (exact) mass is 404 g/mol. The highest BCUT2D eigenvalue weighted by Crippen LogP contribution is 2.54. The van der Waals surface area contributed by atoms with Crippen LogP contribution < -0.4 is 5.32 Å². The summed E-state index contributed by atoms with van der Waals surface area (Å²) in [7, 11) is 1.79. The number of alkyl halides is 2. The molecule has 0 amide bonds. The van der Waals surface area contributed by atoms with Crippen molar-refractivity contribution in [2.24, 2.45) is 7.05 Å². The van der Waals surface area contributed by atoms with Gasteiger partial charge in [-0.05, 0) is 19.4 Å². The van der Waals surface area contributed by atoms with Gasteiger partial charge in [-0.25, -0.2) is 8.78 Å². The Morgan fingerprint density at radius 3 is 2.92 bits per heavy atom. The van der Waals surface area contributed by atoms with Crippen molar-refractivity contribution in [1.29, 1.82) is 0 Å². The first-order valence-electron chi connectivity index (χ1n) is 8.30. The Balaban J connectivity index is 1.77. The lowest BCUT2D eigenvalue weighted by Gasteiger charge is -2.48. The molecule has 2 aliphatic heterocycles. The average Bonchev–Trinajstić information content (AvgIpc) is 3.18. The predicted molar refractivity (Wildman–Crippen MR) is 92.4 cm³/mol. The molecule has 1 fully saturated rings. The number of halogens is 3. The number of nitrogens with zero attached hydrogens (tertiary/aromatic N) is 3. The third-order valence-electron chi connectivity index (χ3n) is 5.14. The lowest BCUT2D eigenvalue weighted by Crippen LogP contribution is -2.54. The van der Waals surface area contributed by atoms with Crippen LogP contribution in [0, 0.1) is 0 Å². The smallest absolute Gasteiger partial charge is 0.273 e. The molecular weight excluding hydrogens is 386 g/mol. The van der Waals surface area contributed by atoms with Gasteiger partial charge in [-0.1, -0.05) is 16.8 Å². The summed E-state index contributed by atoms with van der Waals surface area (Å²) >= 11 is 7.34. The lowest BCUT2D eigenvalue weighted by atomic mass is 9.76. The molecule has 4 rings (SSSR count). The second kappa shape index (κ2) is 6.20. The number of aliphatic hydroxyl groups is 1. The summed E-state index contributed by atoms with van der Waals surface area (Å²) in [6, 6.07) is 1.36. The number of aryl methyl sites for hydroxylation is 1. The third kappa shape index (κ3) is 2.77. The molecule has 0 saturated carbocycles. The second-order valence-corrected chi connectivity index (χ2v) is 8.83. The van der Waals surface area contributed by atoms with Crippen LogP contribution in [-0.2, 0) is 23.0 Å². The van der Waals surface area contributed by atoms with E-state index in [1.165, 1.54) is 17.4 Å². The Kier molecular flexibility index (Phi) is 4.35. The number of thiophene rings is 1. The van der Waals surface area contributed by atoms with E-state index in [2.05, 4.69) is 15.6 Å². The van der Waals surface area contributed by atoms with Gasteiger partial charge in [0, 0.05) is 36.1 Å². The maximum absolute atomic E-state index is 13.6. The van der Waals surface area contributed by atoms with Crippen molar-refractivity contribution in [2.45, 2.75) is 49.5 Å². The van der Waals surface area contributed by atoms with E-state index < -0.39 is 24.2 Å². The van der Waals surface area contributed by atoms with Crippen LogP contribution in [0.15, 0.2) is 12.3 Å². The van der Waals surface area contributed by atoms with Crippen molar-refractivity contribution in [1.82, 2.24) is 20.3 Å². The number of aromatic nitrogens is 3. The predicted octanol–water partition coefficient (Wildman–Crippen LogP) is 2.72. The first-order chi connectivity index (χ1) is 12.2. The van der Waals surface area contributed by atoms with Crippen molar-refractivity contribution in [3.63, 3.8) is 0 Å². The van der Waals surface area contributed by atoms with Gasteiger partial charge in [-0.15, -0.1) is 16.4 Å². The van der Waals surface area contributed by atoms with Crippen LogP contribution in [0.4, 0.5) is 8.78 Å². The van der Waals surface area contributed by atoms with Gasteiger partial charge in [0.2, 0.25) is 0 Å². The van der Waals surface area contributed by atoms with Crippen molar-refractivity contribution in [3.05, 3.63) is 32.7 Å². The normalized spacial score (nSPS) is 34.4. The topological polar surface area (TPSA) is 72.2 Å². The molecule has 0 radical (unpaired) electrons. The molecular formula is C16H19ClF2N4O2S. The van der Waals surface area contributed by atoms with Crippen molar-refractivity contribution in [3.8, 4) is 0 Å². The number of ether oxygens (including phenoxy) is 1. The van der Waals surface area contributed by atoms with E-state index >= 15 is 0 Å². The van der Waals surface area contributed by atoms with Gasteiger partial charge in [-0.3, -0.25) is 4.68 Å². The SMILES string of the molecule is C[C@H]1C[C@@]2(C[C@@H](c3cn(C)nn3)N1)OCC(O)(C(F)F)c1cc(Cl)sc12. The number of hydrogen-bond donors (Lipinski definition) is 2. The first-order valence-corrected chi connectivity index (χ1v) is 9.50. The molecule has 10 heteroatoms. The second-order valence-electron chi connectivity index (χ2n) is 7.15. The third-order valence-corrected chi connectivity index (χ3v) is 6.59. The molecule has 1 saturated heterocycles. The zero-order valence-corrected chi connectivity index (χ0v) is 15.8. The van der Waals surface area contributed by atoms with Crippen LogP contribution in [0.1, 0.15) is 41.9 Å². The van der Waals surface area contributed by atoms with Crippen molar-refractivity contribution >= 4 is 22.9 Å². The molecule has 26 heavy (non-hydrogen) atoms. The summed E-state index contributed by atoms with van der Waals surface area (Å²) in [6.45, 7) is 1.54. The van der Waals surface area contributed by atoms with Gasteiger partial charge in [0.15, 0.2) is 5.60 Å². The zero-order chi connectivity index (χ0) is 18.7. The van der Waals surface area contributed by atoms with Crippen molar-refractivity contribution in [2.75, 3.05) is 6.61 Å². The minimum absolute atomic E-state index is 0.0576. The van der Waals surface area contributed by atoms with Crippen molar-refractivity contribution < 1.29 is 18.6 Å². The number of hydrogen-bond acceptors (Lipinski definition) is 6. The average molecular weight is 405 g/mol. The molecule has 0 aromatic carbocycles. The maximum atomic E-state index is 13.6. The number of fused-ring (bicyclic) bond motifs is 2. The lowest BCUT2D eigenvalue weighted by molar-refractivity contribution is -0.207. The molecule has 4 heterocycles. The summed E-state index contributed by atoms with van der Waals surface area (Å²) in [4.78, 5) is 0.582. The van der Waals surface area contributed by atoms with Gasteiger partial charge in [0.1, 0.15) is 5.60 Å². The van der Waals surface area contributed by atoms with Gasteiger partial charge in [0.25, 0.3) is 6.43 Å². The summed E-state index contributed by atoms with van der Waals surface area (Å²) in [5.41, 5.74) is -2.18. The van der Waals surface area contributed by atoms with Gasteiger partial charge < -0.3 is 15.2 Å². The number of piperidine rings is 1. The summed E-state index contributed by atoms with van der Waals surface area (Å²) in [6.07, 6.45) is -0.0462. The maximum Gasteiger partial charge on any atom is 0.273 e. The number of nitrogens with one attached hydrogen (secondary N) is 1. The Labute approximate surface area is 158 Å². The first kappa shape index (κ1) is 18.2. The Morgan fingerprint density at radius 1 is 1.50 bits per heavy atom. The molecule has 0 aliphatic carbocycles. The van der Waals surface area contributed by atoms with E-state index in [1.807, 2.05) is 13.1 Å². The molecule has 1 unspecified atom stereocenters. The Hall–Kier alpha value is -1.13. The molecule has 2 aromatic heterocycles. The van der Waals surface area contributed by atoms with Crippen LogP contribution >= 0.6 is 22.9 Å². The molecule has 1 spiro atoms. The van der Waals surface area contributed by atoms with E-state index in [0.29, 0.717) is 22.1 Å². The summed E-state index contributed by atoms with van der Waals surface area (Å²) in [5.74, 6) is 0. The van der Waals surface area contributed by atoms with Crippen LogP contribution in [0.25, 0.3) is 0 Å². The fraction of sp³-hybridized carbons (Fsp3) is 0.625. The molecule has 6 nitrogen and oxygen atoms in total. The molecule has 4 atom stereocenters. The molecule has 2 aliphatic rings. The van der Waals surface area contributed by atoms with E-state index in [0.717, 1.165) is 5.69 Å². The van der Waals surface area contributed by atoms with Crippen LogP contribution in [-0.4, -0.2) is 39.2 Å².